The van der Waals surface area contributed by atoms with Gasteiger partial charge in [-0.15, -0.1) is 0 Å². The van der Waals surface area contributed by atoms with Gasteiger partial charge < -0.3 is 5.11 Å². The Morgan fingerprint density at radius 2 is 1.79 bits per heavy atom. The van der Waals surface area contributed by atoms with Crippen LogP contribution in [0.25, 0.3) is 0 Å². The van der Waals surface area contributed by atoms with E-state index in [9.17, 15) is 5.11 Å². The van der Waals surface area contributed by atoms with Crippen LogP contribution in [-0.4, -0.2) is 11.2 Å². The van der Waals surface area contributed by atoms with Gasteiger partial charge in [0.15, 0.2) is 0 Å². The summed E-state index contributed by atoms with van der Waals surface area (Å²) in [7, 11) is 0. The van der Waals surface area contributed by atoms with Crippen LogP contribution in [0.4, 0.5) is 0 Å². The smallest absolute Gasteiger partial charge is 0.0577 e. The molecule has 1 N–H and O–H groups in total. The normalized spacial score (nSPS) is 46.5. The van der Waals surface area contributed by atoms with Gasteiger partial charge >= 0.3 is 0 Å². The van der Waals surface area contributed by atoms with Gasteiger partial charge in [-0.3, -0.25) is 0 Å². The fourth-order valence-corrected chi connectivity index (χ4v) is 8.67. The standard InChI is InChI=1S/C27H46O/c1-18(2)7-6-8-19(3)23-11-12-24-22-10-9-20-17-21(28)13-15-26(20,4)25(22)14-16-27(23,24)5/h9,18-19,21-25,28H,6-8,10-17H2,1-5H3/t19?,21?,22?,23?,24?,25?,26-,27+/m0/s1. The van der Waals surface area contributed by atoms with Crippen molar-refractivity contribution in [3.8, 4) is 0 Å². The molecule has 0 aliphatic heterocycles. The van der Waals surface area contributed by atoms with Crippen LogP contribution in [0.2, 0.25) is 0 Å². The number of hydrogen-bond donors (Lipinski definition) is 1. The van der Waals surface area contributed by atoms with Crippen LogP contribution in [0, 0.1) is 46.3 Å². The van der Waals surface area contributed by atoms with Crippen molar-refractivity contribution in [3.05, 3.63) is 11.6 Å². The Kier molecular flexibility index (Phi) is 5.80. The molecule has 6 unspecified atom stereocenters. The quantitative estimate of drug-likeness (QED) is 0.488. The van der Waals surface area contributed by atoms with Gasteiger partial charge in [0, 0.05) is 0 Å². The van der Waals surface area contributed by atoms with Crippen molar-refractivity contribution in [2.45, 2.75) is 111 Å². The summed E-state index contributed by atoms with van der Waals surface area (Å²) in [5.41, 5.74) is 2.60. The minimum absolute atomic E-state index is 0.0766. The van der Waals surface area contributed by atoms with Gasteiger partial charge in [-0.25, -0.2) is 0 Å². The molecule has 160 valence electrons. The average molecular weight is 387 g/mol. The molecule has 0 spiro atoms. The molecule has 0 bridgehead atoms. The van der Waals surface area contributed by atoms with Gasteiger partial charge in [-0.1, -0.05) is 65.5 Å². The maximum Gasteiger partial charge on any atom is 0.0577 e. The topological polar surface area (TPSA) is 20.2 Å². The first-order chi connectivity index (χ1) is 13.3. The van der Waals surface area contributed by atoms with Gasteiger partial charge in [0.2, 0.25) is 0 Å². The lowest BCUT2D eigenvalue weighted by Gasteiger charge is -2.58. The second kappa shape index (κ2) is 7.75. The molecule has 0 aromatic heterocycles. The first kappa shape index (κ1) is 21.0. The Balaban J connectivity index is 1.49. The molecule has 1 nitrogen and oxygen atoms in total. The minimum atomic E-state index is -0.0766. The van der Waals surface area contributed by atoms with Crippen molar-refractivity contribution in [1.82, 2.24) is 0 Å². The van der Waals surface area contributed by atoms with Crippen LogP contribution in [0.5, 0.6) is 0 Å². The Bertz CT molecular complexity index is 591. The van der Waals surface area contributed by atoms with E-state index in [-0.39, 0.29) is 6.10 Å². The molecule has 3 saturated carbocycles. The third-order valence-corrected chi connectivity index (χ3v) is 10.3. The van der Waals surface area contributed by atoms with E-state index in [1.165, 1.54) is 57.8 Å². The molecular weight excluding hydrogens is 340 g/mol. The number of fused-ring (bicyclic) bond motifs is 5. The summed E-state index contributed by atoms with van der Waals surface area (Å²) in [4.78, 5) is 0. The molecule has 3 fully saturated rings. The summed E-state index contributed by atoms with van der Waals surface area (Å²) in [6.45, 7) is 12.6. The van der Waals surface area contributed by atoms with E-state index in [2.05, 4.69) is 40.7 Å². The number of aliphatic hydroxyl groups excluding tert-OH is 1. The Labute approximate surface area is 174 Å². The SMILES string of the molecule is CC(C)CCCC(C)C1CCC2C3CC=C4CC(O)CC[C@]4(C)C3CC[C@]12C. The van der Waals surface area contributed by atoms with Crippen LogP contribution < -0.4 is 0 Å². The lowest BCUT2D eigenvalue weighted by molar-refractivity contribution is -0.0573. The van der Waals surface area contributed by atoms with Crippen LogP contribution in [0.1, 0.15) is 105 Å². The molecule has 4 aliphatic carbocycles. The van der Waals surface area contributed by atoms with Crippen molar-refractivity contribution in [2.24, 2.45) is 46.3 Å². The molecule has 0 saturated heterocycles. The lowest BCUT2D eigenvalue weighted by atomic mass is 9.47. The first-order valence-electron chi connectivity index (χ1n) is 12.6. The monoisotopic (exact) mass is 386 g/mol. The third kappa shape index (κ3) is 3.42. The van der Waals surface area contributed by atoms with E-state index in [1.54, 1.807) is 5.57 Å². The predicted molar refractivity (Wildman–Crippen MR) is 119 cm³/mol. The largest absolute Gasteiger partial charge is 0.393 e. The Hall–Kier alpha value is -0.300. The van der Waals surface area contributed by atoms with Gasteiger partial charge in [-0.05, 0) is 97.7 Å². The highest BCUT2D eigenvalue weighted by molar-refractivity contribution is 5.25. The highest BCUT2D eigenvalue weighted by Crippen LogP contribution is 2.67. The number of allylic oxidation sites excluding steroid dienone is 1. The zero-order valence-electron chi connectivity index (χ0n) is 19.3. The average Bonchev–Trinajstić information content (AvgIpc) is 2.99. The summed E-state index contributed by atoms with van der Waals surface area (Å²) in [5.74, 6) is 5.46. The van der Waals surface area contributed by atoms with Gasteiger partial charge in [-0.2, -0.15) is 0 Å². The van der Waals surface area contributed by atoms with Gasteiger partial charge in [0.25, 0.3) is 0 Å². The summed E-state index contributed by atoms with van der Waals surface area (Å²) >= 11 is 0. The summed E-state index contributed by atoms with van der Waals surface area (Å²) < 4.78 is 0. The van der Waals surface area contributed by atoms with Crippen LogP contribution in [0.3, 0.4) is 0 Å². The second-order valence-electron chi connectivity index (χ2n) is 12.2. The van der Waals surface area contributed by atoms with Crippen molar-refractivity contribution in [2.75, 3.05) is 0 Å². The highest BCUT2D eigenvalue weighted by Gasteiger charge is 2.59. The van der Waals surface area contributed by atoms with Gasteiger partial charge in [0.1, 0.15) is 0 Å². The van der Waals surface area contributed by atoms with Crippen LogP contribution >= 0.6 is 0 Å². The number of aliphatic hydroxyl groups is 1. The minimum Gasteiger partial charge on any atom is -0.393 e. The lowest BCUT2D eigenvalue weighted by Crippen LogP contribution is -2.50. The maximum atomic E-state index is 10.2. The molecule has 1 heteroatoms. The van der Waals surface area contributed by atoms with E-state index < -0.39 is 0 Å². The summed E-state index contributed by atoms with van der Waals surface area (Å²) in [6.07, 6.45) is 17.2. The zero-order chi connectivity index (χ0) is 20.1. The van der Waals surface area contributed by atoms with E-state index in [4.69, 9.17) is 0 Å². The molecular formula is C27H46O. The predicted octanol–water partition coefficient (Wildman–Crippen LogP) is 7.39. The highest BCUT2D eigenvalue weighted by atomic mass is 16.3. The van der Waals surface area contributed by atoms with Crippen molar-refractivity contribution < 1.29 is 5.11 Å². The molecule has 0 aromatic carbocycles. The summed E-state index contributed by atoms with van der Waals surface area (Å²) in [5, 5.41) is 10.2. The number of rotatable bonds is 5. The first-order valence-corrected chi connectivity index (χ1v) is 12.6. The molecule has 4 aliphatic rings. The van der Waals surface area contributed by atoms with E-state index in [1.807, 2.05) is 0 Å². The Morgan fingerprint density at radius 1 is 1.00 bits per heavy atom. The zero-order valence-corrected chi connectivity index (χ0v) is 19.3. The molecule has 0 aromatic rings. The van der Waals surface area contributed by atoms with Crippen LogP contribution in [-0.2, 0) is 0 Å². The third-order valence-electron chi connectivity index (χ3n) is 10.3. The van der Waals surface area contributed by atoms with Crippen molar-refractivity contribution in [1.29, 1.82) is 0 Å². The van der Waals surface area contributed by atoms with E-state index >= 15 is 0 Å². The molecule has 8 atom stereocenters. The maximum absolute atomic E-state index is 10.2. The molecule has 4 rings (SSSR count). The van der Waals surface area contributed by atoms with Gasteiger partial charge in [0.05, 0.1) is 6.10 Å². The van der Waals surface area contributed by atoms with E-state index in [0.29, 0.717) is 10.8 Å². The number of hydrogen-bond acceptors (Lipinski definition) is 1. The summed E-state index contributed by atoms with van der Waals surface area (Å²) in [6, 6.07) is 0. The molecule has 0 heterocycles. The molecule has 0 amide bonds. The Morgan fingerprint density at radius 3 is 2.54 bits per heavy atom. The fourth-order valence-electron chi connectivity index (χ4n) is 8.67. The molecule has 28 heavy (non-hydrogen) atoms. The fraction of sp³-hybridized carbons (Fsp3) is 0.926. The second-order valence-corrected chi connectivity index (χ2v) is 12.2. The van der Waals surface area contributed by atoms with E-state index in [0.717, 1.165) is 48.3 Å². The van der Waals surface area contributed by atoms with Crippen molar-refractivity contribution >= 4 is 0 Å². The molecule has 0 radical (unpaired) electrons. The van der Waals surface area contributed by atoms with Crippen molar-refractivity contribution in [3.63, 3.8) is 0 Å². The van der Waals surface area contributed by atoms with Crippen LogP contribution in [0.15, 0.2) is 11.6 Å².